The van der Waals surface area contributed by atoms with Crippen molar-refractivity contribution < 1.29 is 14.6 Å². The summed E-state index contributed by atoms with van der Waals surface area (Å²) in [6, 6.07) is 7.05. The Labute approximate surface area is 113 Å². The largest absolute Gasteiger partial charge is 0.481 e. The van der Waals surface area contributed by atoms with E-state index in [2.05, 4.69) is 11.2 Å². The van der Waals surface area contributed by atoms with E-state index >= 15 is 0 Å². The molecule has 2 atom stereocenters. The van der Waals surface area contributed by atoms with Crippen LogP contribution in [-0.2, 0) is 4.79 Å². The lowest BCUT2D eigenvalue weighted by molar-refractivity contribution is -0.126. The van der Waals surface area contributed by atoms with Crippen molar-refractivity contribution in [1.82, 2.24) is 5.32 Å². The lowest BCUT2D eigenvalue weighted by atomic mass is 10.1. The summed E-state index contributed by atoms with van der Waals surface area (Å²) in [5.74, 6) is 2.65. The quantitative estimate of drug-likeness (QED) is 0.765. The van der Waals surface area contributed by atoms with Gasteiger partial charge in [-0.2, -0.15) is 0 Å². The third-order valence-electron chi connectivity index (χ3n) is 2.70. The molecule has 1 amide bonds. The third kappa shape index (κ3) is 4.65. The molecule has 4 nitrogen and oxygen atoms in total. The Morgan fingerprint density at radius 3 is 2.63 bits per heavy atom. The number of carbonyl (C=O) groups is 1. The Bertz CT molecular complexity index is 447. The minimum Gasteiger partial charge on any atom is -0.481 e. The van der Waals surface area contributed by atoms with E-state index < -0.39 is 12.2 Å². The highest BCUT2D eigenvalue weighted by Gasteiger charge is 2.13. The summed E-state index contributed by atoms with van der Waals surface area (Å²) in [4.78, 5) is 11.6. The number of benzene rings is 1. The molecule has 102 valence electrons. The van der Waals surface area contributed by atoms with Gasteiger partial charge in [-0.15, -0.1) is 6.42 Å². The van der Waals surface area contributed by atoms with E-state index in [1.807, 2.05) is 6.92 Å². The molecule has 0 saturated carbocycles. The summed E-state index contributed by atoms with van der Waals surface area (Å²) in [7, 11) is 0. The van der Waals surface area contributed by atoms with Gasteiger partial charge in [0.2, 0.25) is 0 Å². The summed E-state index contributed by atoms with van der Waals surface area (Å²) in [6.07, 6.45) is 4.63. The predicted molar refractivity (Wildman–Crippen MR) is 73.6 cm³/mol. The maximum Gasteiger partial charge on any atom is 0.261 e. The maximum absolute atomic E-state index is 11.6. The second kappa shape index (κ2) is 7.45. The maximum atomic E-state index is 11.6. The Morgan fingerprint density at radius 1 is 1.47 bits per heavy atom. The van der Waals surface area contributed by atoms with Crippen molar-refractivity contribution in [3.05, 3.63) is 29.8 Å². The summed E-state index contributed by atoms with van der Waals surface area (Å²) in [6.45, 7) is 3.75. The van der Waals surface area contributed by atoms with Crippen LogP contribution in [0.5, 0.6) is 5.75 Å². The first kappa shape index (κ1) is 15.1. The van der Waals surface area contributed by atoms with Gasteiger partial charge in [0, 0.05) is 0 Å². The number of amides is 1. The molecule has 0 saturated heterocycles. The molecule has 1 unspecified atom stereocenters. The molecule has 0 bridgehead atoms. The van der Waals surface area contributed by atoms with Gasteiger partial charge in [-0.3, -0.25) is 4.79 Å². The first-order valence-electron chi connectivity index (χ1n) is 6.24. The number of aliphatic hydroxyl groups excluding tert-OH is 1. The van der Waals surface area contributed by atoms with Crippen LogP contribution >= 0.6 is 0 Å². The zero-order valence-electron chi connectivity index (χ0n) is 11.2. The molecular formula is C15H19NO3. The van der Waals surface area contributed by atoms with Gasteiger partial charge in [-0.25, -0.2) is 0 Å². The van der Waals surface area contributed by atoms with Crippen LogP contribution < -0.4 is 10.1 Å². The van der Waals surface area contributed by atoms with Gasteiger partial charge in [0.15, 0.2) is 6.10 Å². The average Bonchev–Trinajstić information content (AvgIpc) is 2.44. The standard InChI is InChI=1S/C15H19NO3/c1-4-10-16-15(18)11(3)19-13-8-6-12(7-9-13)14(17)5-2/h1,6-9,11,14,17H,5,10H2,2-3H3,(H,16,18)/t11?,14-/m1/s1. The SMILES string of the molecule is C#CCNC(=O)C(C)Oc1ccc([C@H](O)CC)cc1. The first-order valence-corrected chi connectivity index (χ1v) is 6.24. The highest BCUT2D eigenvalue weighted by atomic mass is 16.5. The van der Waals surface area contributed by atoms with Gasteiger partial charge in [0.1, 0.15) is 5.75 Å². The molecule has 1 aromatic carbocycles. The number of ether oxygens (including phenoxy) is 1. The third-order valence-corrected chi connectivity index (χ3v) is 2.70. The second-order valence-corrected chi connectivity index (χ2v) is 4.18. The summed E-state index contributed by atoms with van der Waals surface area (Å²) >= 11 is 0. The molecule has 1 aromatic rings. The second-order valence-electron chi connectivity index (χ2n) is 4.18. The van der Waals surface area contributed by atoms with Crippen LogP contribution in [0.1, 0.15) is 31.9 Å². The Hall–Kier alpha value is -1.99. The smallest absolute Gasteiger partial charge is 0.261 e. The number of nitrogens with one attached hydrogen (secondary N) is 1. The number of aliphatic hydroxyl groups is 1. The minimum atomic E-state index is -0.615. The van der Waals surface area contributed by atoms with Crippen LogP contribution in [0.25, 0.3) is 0 Å². The highest BCUT2D eigenvalue weighted by molar-refractivity contribution is 5.80. The van der Waals surface area contributed by atoms with Crippen molar-refractivity contribution in [2.24, 2.45) is 0 Å². The number of hydrogen-bond acceptors (Lipinski definition) is 3. The van der Waals surface area contributed by atoms with E-state index in [0.717, 1.165) is 5.56 Å². The van der Waals surface area contributed by atoms with Crippen molar-refractivity contribution in [1.29, 1.82) is 0 Å². The average molecular weight is 261 g/mol. The van der Waals surface area contributed by atoms with Crippen LogP contribution in [0.2, 0.25) is 0 Å². The summed E-state index contributed by atoms with van der Waals surface area (Å²) < 4.78 is 5.48. The van der Waals surface area contributed by atoms with Gasteiger partial charge >= 0.3 is 0 Å². The predicted octanol–water partition coefficient (Wildman–Crippen LogP) is 1.65. The number of carbonyl (C=O) groups excluding carboxylic acids is 1. The highest BCUT2D eigenvalue weighted by Crippen LogP contribution is 2.20. The van der Waals surface area contributed by atoms with Gasteiger partial charge < -0.3 is 15.2 Å². The molecule has 4 heteroatoms. The number of hydrogen-bond donors (Lipinski definition) is 2. The van der Waals surface area contributed by atoms with Crippen molar-refractivity contribution in [2.45, 2.75) is 32.5 Å². The fraction of sp³-hybridized carbons (Fsp3) is 0.400. The molecule has 0 heterocycles. The minimum absolute atomic E-state index is 0.189. The van der Waals surface area contributed by atoms with Crippen molar-refractivity contribution in [3.63, 3.8) is 0 Å². The van der Waals surface area contributed by atoms with Crippen LogP contribution in [0.3, 0.4) is 0 Å². The molecule has 0 radical (unpaired) electrons. The van der Waals surface area contributed by atoms with E-state index in [0.29, 0.717) is 12.2 Å². The zero-order valence-corrected chi connectivity index (χ0v) is 11.2. The van der Waals surface area contributed by atoms with E-state index in [4.69, 9.17) is 11.2 Å². The van der Waals surface area contributed by atoms with Gasteiger partial charge in [-0.1, -0.05) is 25.0 Å². The normalized spacial score (nSPS) is 13.2. The summed E-state index contributed by atoms with van der Waals surface area (Å²) in [5, 5.41) is 12.2. The molecule has 2 N–H and O–H groups in total. The van der Waals surface area contributed by atoms with E-state index in [1.54, 1.807) is 31.2 Å². The fourth-order valence-corrected chi connectivity index (χ4v) is 1.54. The fourth-order valence-electron chi connectivity index (χ4n) is 1.54. The topological polar surface area (TPSA) is 58.6 Å². The van der Waals surface area contributed by atoms with Crippen molar-refractivity contribution in [2.75, 3.05) is 6.54 Å². The molecule has 0 spiro atoms. The van der Waals surface area contributed by atoms with Crippen LogP contribution in [0.4, 0.5) is 0 Å². The molecular weight excluding hydrogens is 242 g/mol. The van der Waals surface area contributed by atoms with Crippen LogP contribution in [0, 0.1) is 12.3 Å². The van der Waals surface area contributed by atoms with Crippen LogP contribution in [0.15, 0.2) is 24.3 Å². The zero-order chi connectivity index (χ0) is 14.3. The van der Waals surface area contributed by atoms with Gasteiger partial charge in [0.05, 0.1) is 12.6 Å². The van der Waals surface area contributed by atoms with E-state index in [9.17, 15) is 9.90 Å². The summed E-state index contributed by atoms with van der Waals surface area (Å²) in [5.41, 5.74) is 0.833. The monoisotopic (exact) mass is 261 g/mol. The number of rotatable bonds is 6. The molecule has 0 aromatic heterocycles. The van der Waals surface area contributed by atoms with E-state index in [-0.39, 0.29) is 12.5 Å². The van der Waals surface area contributed by atoms with Gasteiger partial charge in [0.25, 0.3) is 5.91 Å². The molecule has 0 aliphatic carbocycles. The van der Waals surface area contributed by atoms with Crippen molar-refractivity contribution in [3.8, 4) is 18.1 Å². The van der Waals surface area contributed by atoms with Crippen molar-refractivity contribution >= 4 is 5.91 Å². The Balaban J connectivity index is 2.58. The molecule has 1 rings (SSSR count). The Kier molecular flexibility index (Phi) is 5.91. The van der Waals surface area contributed by atoms with Gasteiger partial charge in [-0.05, 0) is 31.0 Å². The lowest BCUT2D eigenvalue weighted by Crippen LogP contribution is -2.36. The first-order chi connectivity index (χ1) is 9.08. The molecule has 0 fully saturated rings. The van der Waals surface area contributed by atoms with Crippen LogP contribution in [-0.4, -0.2) is 23.7 Å². The Morgan fingerprint density at radius 2 is 2.11 bits per heavy atom. The number of terminal acetylenes is 1. The lowest BCUT2D eigenvalue weighted by Gasteiger charge is -2.15. The van der Waals surface area contributed by atoms with E-state index in [1.165, 1.54) is 0 Å². The molecule has 0 aliphatic rings. The molecule has 0 aliphatic heterocycles. The molecule has 19 heavy (non-hydrogen) atoms.